The van der Waals surface area contributed by atoms with Gasteiger partial charge in [-0.25, -0.2) is 4.79 Å². The van der Waals surface area contributed by atoms with E-state index in [1.54, 1.807) is 13.8 Å². The van der Waals surface area contributed by atoms with E-state index in [-0.39, 0.29) is 17.2 Å². The number of hydrogen-bond acceptors (Lipinski definition) is 3. The topological polar surface area (TPSA) is 57.6 Å². The van der Waals surface area contributed by atoms with Crippen LogP contribution in [0.25, 0.3) is 0 Å². The highest BCUT2D eigenvalue weighted by Gasteiger charge is 2.42. The third-order valence-corrected chi connectivity index (χ3v) is 4.44. The molecule has 1 saturated heterocycles. The SMILES string of the molecule is CC(C)C(=O)N1C(C(=O)O)CSC1c1ccccc1. The molecule has 1 heterocycles. The number of benzene rings is 1. The minimum Gasteiger partial charge on any atom is -0.480 e. The number of carbonyl (C=O) groups excluding carboxylic acids is 1. The molecule has 2 atom stereocenters. The Morgan fingerprint density at radius 1 is 1.32 bits per heavy atom. The van der Waals surface area contributed by atoms with Gasteiger partial charge in [0.25, 0.3) is 0 Å². The number of aliphatic carboxylic acids is 1. The fraction of sp³-hybridized carbons (Fsp3) is 0.429. The van der Waals surface area contributed by atoms with Gasteiger partial charge in [0.2, 0.25) is 5.91 Å². The van der Waals surface area contributed by atoms with Gasteiger partial charge < -0.3 is 10.0 Å². The Morgan fingerprint density at radius 2 is 1.95 bits per heavy atom. The number of carboxylic acids is 1. The molecular weight excluding hydrogens is 262 g/mol. The summed E-state index contributed by atoms with van der Waals surface area (Å²) >= 11 is 1.51. The van der Waals surface area contributed by atoms with Gasteiger partial charge in [-0.2, -0.15) is 0 Å². The first kappa shape index (κ1) is 13.9. The number of nitrogens with zero attached hydrogens (tertiary/aromatic N) is 1. The van der Waals surface area contributed by atoms with Crippen molar-refractivity contribution in [1.82, 2.24) is 4.90 Å². The molecule has 0 aliphatic carbocycles. The van der Waals surface area contributed by atoms with Crippen LogP contribution in [0.3, 0.4) is 0 Å². The molecule has 2 unspecified atom stereocenters. The summed E-state index contributed by atoms with van der Waals surface area (Å²) < 4.78 is 0. The van der Waals surface area contributed by atoms with Crippen molar-refractivity contribution in [2.45, 2.75) is 25.3 Å². The maximum Gasteiger partial charge on any atom is 0.327 e. The predicted molar refractivity (Wildman–Crippen MR) is 74.7 cm³/mol. The van der Waals surface area contributed by atoms with Gasteiger partial charge >= 0.3 is 5.97 Å². The van der Waals surface area contributed by atoms with E-state index >= 15 is 0 Å². The third kappa shape index (κ3) is 2.76. The van der Waals surface area contributed by atoms with Crippen LogP contribution < -0.4 is 0 Å². The molecule has 1 fully saturated rings. The standard InChI is InChI=1S/C14H17NO3S/c1-9(2)12(16)15-11(14(17)18)8-19-13(15)10-6-4-3-5-7-10/h3-7,9,11,13H,8H2,1-2H3,(H,17,18). The van der Waals surface area contributed by atoms with Crippen molar-refractivity contribution in [3.63, 3.8) is 0 Å². The molecule has 1 amide bonds. The molecule has 0 saturated carbocycles. The Hall–Kier alpha value is -1.49. The maximum absolute atomic E-state index is 12.3. The molecule has 4 nitrogen and oxygen atoms in total. The molecule has 5 heteroatoms. The van der Waals surface area contributed by atoms with Gasteiger partial charge in [-0.15, -0.1) is 11.8 Å². The van der Waals surface area contributed by atoms with Crippen LogP contribution in [0.2, 0.25) is 0 Å². The molecule has 2 rings (SSSR count). The Labute approximate surface area is 116 Å². The summed E-state index contributed by atoms with van der Waals surface area (Å²) in [6, 6.07) is 8.85. The van der Waals surface area contributed by atoms with Gasteiger partial charge in [-0.3, -0.25) is 4.79 Å². The fourth-order valence-electron chi connectivity index (χ4n) is 2.14. The average Bonchev–Trinajstić information content (AvgIpc) is 2.83. The quantitative estimate of drug-likeness (QED) is 0.923. The Morgan fingerprint density at radius 3 is 2.47 bits per heavy atom. The lowest BCUT2D eigenvalue weighted by Crippen LogP contribution is -2.44. The zero-order valence-electron chi connectivity index (χ0n) is 10.9. The molecule has 0 spiro atoms. The van der Waals surface area contributed by atoms with Gasteiger partial charge in [0, 0.05) is 11.7 Å². The second-order valence-corrected chi connectivity index (χ2v) is 5.96. The molecule has 0 aromatic heterocycles. The van der Waals surface area contributed by atoms with Crippen LogP contribution in [0.5, 0.6) is 0 Å². The van der Waals surface area contributed by atoms with Crippen molar-refractivity contribution in [2.24, 2.45) is 5.92 Å². The van der Waals surface area contributed by atoms with E-state index in [0.29, 0.717) is 5.75 Å². The summed E-state index contributed by atoms with van der Waals surface area (Å²) in [7, 11) is 0. The van der Waals surface area contributed by atoms with Gasteiger partial charge in [0.1, 0.15) is 11.4 Å². The number of rotatable bonds is 3. The molecular formula is C14H17NO3S. The van der Waals surface area contributed by atoms with Crippen LogP contribution >= 0.6 is 11.8 Å². The molecule has 19 heavy (non-hydrogen) atoms. The normalized spacial score (nSPS) is 22.8. The fourth-order valence-corrected chi connectivity index (χ4v) is 3.57. The first-order chi connectivity index (χ1) is 9.02. The highest BCUT2D eigenvalue weighted by molar-refractivity contribution is 7.99. The number of carbonyl (C=O) groups is 2. The van der Waals surface area contributed by atoms with E-state index in [2.05, 4.69) is 0 Å². The number of carboxylic acid groups (broad SMARTS) is 1. The predicted octanol–water partition coefficient (Wildman–Crippen LogP) is 2.37. The van der Waals surface area contributed by atoms with E-state index in [1.807, 2.05) is 30.3 Å². The third-order valence-electron chi connectivity index (χ3n) is 3.12. The molecule has 1 N–H and O–H groups in total. The van der Waals surface area contributed by atoms with Gasteiger partial charge in [0.05, 0.1) is 0 Å². The van der Waals surface area contributed by atoms with Crippen LogP contribution in [0, 0.1) is 5.92 Å². The lowest BCUT2D eigenvalue weighted by atomic mass is 10.1. The summed E-state index contributed by atoms with van der Waals surface area (Å²) in [5, 5.41) is 9.07. The highest BCUT2D eigenvalue weighted by atomic mass is 32.2. The minimum atomic E-state index is -0.931. The number of thioether (sulfide) groups is 1. The summed E-state index contributed by atoms with van der Waals surface area (Å²) in [5.41, 5.74) is 0.977. The highest BCUT2D eigenvalue weighted by Crippen LogP contribution is 2.42. The lowest BCUT2D eigenvalue weighted by Gasteiger charge is -2.29. The first-order valence-electron chi connectivity index (χ1n) is 6.24. The second-order valence-electron chi connectivity index (χ2n) is 4.85. The largest absolute Gasteiger partial charge is 0.480 e. The van der Waals surface area contributed by atoms with Crippen LogP contribution in [-0.4, -0.2) is 33.7 Å². The Kier molecular flexibility index (Phi) is 4.14. The monoisotopic (exact) mass is 279 g/mol. The first-order valence-corrected chi connectivity index (χ1v) is 7.28. The van der Waals surface area contributed by atoms with Gasteiger partial charge in [-0.1, -0.05) is 44.2 Å². The summed E-state index contributed by atoms with van der Waals surface area (Å²) in [5.74, 6) is -0.800. The summed E-state index contributed by atoms with van der Waals surface area (Å²) in [6.45, 7) is 3.60. The summed E-state index contributed by atoms with van der Waals surface area (Å²) in [6.07, 6.45) is 0. The smallest absolute Gasteiger partial charge is 0.327 e. The Bertz CT molecular complexity index is 475. The molecule has 1 aromatic rings. The zero-order valence-corrected chi connectivity index (χ0v) is 11.8. The van der Waals surface area contributed by atoms with Crippen LogP contribution in [0.1, 0.15) is 24.8 Å². The average molecular weight is 279 g/mol. The Balaban J connectivity index is 2.33. The molecule has 0 radical (unpaired) electrons. The molecule has 1 aliphatic heterocycles. The minimum absolute atomic E-state index is 0.105. The van der Waals surface area contributed by atoms with E-state index in [1.165, 1.54) is 16.7 Å². The van der Waals surface area contributed by atoms with Crippen LogP contribution in [-0.2, 0) is 9.59 Å². The zero-order chi connectivity index (χ0) is 14.0. The molecule has 0 bridgehead atoms. The van der Waals surface area contributed by atoms with Gasteiger partial charge in [0.15, 0.2) is 0 Å². The van der Waals surface area contributed by atoms with E-state index < -0.39 is 12.0 Å². The van der Waals surface area contributed by atoms with Gasteiger partial charge in [-0.05, 0) is 5.56 Å². The molecule has 1 aromatic carbocycles. The van der Waals surface area contributed by atoms with Crippen molar-refractivity contribution >= 4 is 23.6 Å². The molecule has 1 aliphatic rings. The van der Waals surface area contributed by atoms with Crippen LogP contribution in [0.4, 0.5) is 0 Å². The van der Waals surface area contributed by atoms with E-state index in [4.69, 9.17) is 0 Å². The van der Waals surface area contributed by atoms with E-state index in [9.17, 15) is 14.7 Å². The van der Waals surface area contributed by atoms with Crippen molar-refractivity contribution in [3.05, 3.63) is 35.9 Å². The van der Waals surface area contributed by atoms with E-state index in [0.717, 1.165) is 5.56 Å². The maximum atomic E-state index is 12.3. The lowest BCUT2D eigenvalue weighted by molar-refractivity contribution is -0.150. The van der Waals surface area contributed by atoms with Crippen LogP contribution in [0.15, 0.2) is 30.3 Å². The summed E-state index contributed by atoms with van der Waals surface area (Å²) in [4.78, 5) is 25.1. The van der Waals surface area contributed by atoms with Crippen molar-refractivity contribution in [1.29, 1.82) is 0 Å². The van der Waals surface area contributed by atoms with Crippen molar-refractivity contribution < 1.29 is 14.7 Å². The van der Waals surface area contributed by atoms with Crippen molar-refractivity contribution in [3.8, 4) is 0 Å². The molecule has 102 valence electrons. The number of hydrogen-bond donors (Lipinski definition) is 1. The van der Waals surface area contributed by atoms with Crippen molar-refractivity contribution in [2.75, 3.05) is 5.75 Å². The second kappa shape index (κ2) is 5.65. The number of amides is 1.